The molecule has 0 saturated carbocycles. The van der Waals surface area contributed by atoms with Crippen molar-refractivity contribution < 1.29 is 9.48 Å². The summed E-state index contributed by atoms with van der Waals surface area (Å²) in [6.07, 6.45) is 1.44. The highest BCUT2D eigenvalue weighted by molar-refractivity contribution is 7.90. The molecule has 0 aliphatic heterocycles. The van der Waals surface area contributed by atoms with Gasteiger partial charge in [-0.2, -0.15) is 0 Å². The molecule has 72 valence electrons. The van der Waals surface area contributed by atoms with Crippen LogP contribution in [-0.4, -0.2) is 25.3 Å². The molecule has 1 atom stereocenters. The molecule has 0 amide bonds. The van der Waals surface area contributed by atoms with E-state index in [4.69, 9.17) is 0 Å². The van der Waals surface area contributed by atoms with Crippen LogP contribution in [0.3, 0.4) is 0 Å². The lowest BCUT2D eigenvalue weighted by molar-refractivity contribution is -0.390. The lowest BCUT2D eigenvalue weighted by Crippen LogP contribution is -2.06. The summed E-state index contributed by atoms with van der Waals surface area (Å²) in [7, 11) is 1.60. The van der Waals surface area contributed by atoms with Gasteiger partial charge in [0.1, 0.15) is 11.9 Å². The van der Waals surface area contributed by atoms with E-state index in [2.05, 4.69) is 4.98 Å². The fourth-order valence-corrected chi connectivity index (χ4v) is 1.71. The zero-order valence-electron chi connectivity index (χ0n) is 7.47. The Balaban J connectivity index is 3.28. The van der Waals surface area contributed by atoms with Crippen LogP contribution in [0.15, 0.2) is 5.16 Å². The Hall–Kier alpha value is -1.08. The van der Waals surface area contributed by atoms with Gasteiger partial charge in [0.15, 0.2) is 0 Å². The Morgan fingerprint density at radius 3 is 2.38 bits per heavy atom. The molecule has 6 nitrogen and oxygen atoms in total. The maximum Gasteiger partial charge on any atom is 0.431 e. The van der Waals surface area contributed by atoms with Crippen LogP contribution in [0.2, 0.25) is 0 Å². The van der Waals surface area contributed by atoms with E-state index in [0.717, 1.165) is 0 Å². The maximum atomic E-state index is 11.1. The van der Waals surface area contributed by atoms with Gasteiger partial charge in [0.05, 0.1) is 0 Å². The van der Waals surface area contributed by atoms with Crippen LogP contribution in [0.4, 0.5) is 5.82 Å². The van der Waals surface area contributed by atoms with Gasteiger partial charge in [-0.15, -0.1) is 0 Å². The molecule has 0 radical (unpaired) electrons. The number of nitrogens with zero attached hydrogens (tertiary/aromatic N) is 3. The van der Waals surface area contributed by atoms with Crippen molar-refractivity contribution in [3.63, 3.8) is 0 Å². The quantitative estimate of drug-likeness (QED) is 0.395. The average molecular weight is 203 g/mol. The van der Waals surface area contributed by atoms with E-state index in [1.165, 1.54) is 10.8 Å². The lowest BCUT2D eigenvalue weighted by Gasteiger charge is -1.98. The van der Waals surface area contributed by atoms with Gasteiger partial charge in [-0.25, -0.2) is 0 Å². The molecule has 13 heavy (non-hydrogen) atoms. The molecule has 1 aromatic rings. The van der Waals surface area contributed by atoms with Gasteiger partial charge in [-0.1, -0.05) is 0 Å². The Morgan fingerprint density at radius 2 is 2.15 bits per heavy atom. The van der Waals surface area contributed by atoms with Gasteiger partial charge in [-0.3, -0.25) is 4.57 Å². The standard InChI is InChI=1S/C6H9N3O3S/c1-4-5(9(10)11)7-6(8(4)2)13(3)12/h1-3H3. The fraction of sp³-hybridized carbons (Fsp3) is 0.500. The van der Waals surface area contributed by atoms with E-state index in [9.17, 15) is 14.7 Å². The van der Waals surface area contributed by atoms with E-state index in [1.807, 2.05) is 0 Å². The second-order valence-corrected chi connectivity index (χ2v) is 3.85. The van der Waals surface area contributed by atoms with E-state index >= 15 is 0 Å². The monoisotopic (exact) mass is 203 g/mol. The van der Waals surface area contributed by atoms with Gasteiger partial charge >= 0.3 is 11.0 Å². The van der Waals surface area contributed by atoms with Crippen molar-refractivity contribution in [1.82, 2.24) is 9.55 Å². The van der Waals surface area contributed by atoms with Crippen LogP contribution in [0.5, 0.6) is 0 Å². The molecule has 0 fully saturated rings. The molecular formula is C6H9N3O3S. The first-order valence-corrected chi connectivity index (χ1v) is 5.02. The molecule has 1 unspecified atom stereocenters. The van der Waals surface area contributed by atoms with E-state index in [-0.39, 0.29) is 11.0 Å². The van der Waals surface area contributed by atoms with Gasteiger partial charge in [-0.05, 0) is 11.8 Å². The van der Waals surface area contributed by atoms with Crippen molar-refractivity contribution in [3.05, 3.63) is 15.8 Å². The number of rotatable bonds is 2. The SMILES string of the molecule is Cc1c([N+](=O)[O-])nc([S+](C)[O-])n1C. The third-order valence-electron chi connectivity index (χ3n) is 1.75. The minimum Gasteiger partial charge on any atom is -0.607 e. The molecule has 0 N–H and O–H groups in total. The van der Waals surface area contributed by atoms with Crippen molar-refractivity contribution in [2.24, 2.45) is 7.05 Å². The van der Waals surface area contributed by atoms with Crippen molar-refractivity contribution in [3.8, 4) is 0 Å². The maximum absolute atomic E-state index is 11.1. The molecule has 7 heteroatoms. The zero-order chi connectivity index (χ0) is 10.2. The van der Waals surface area contributed by atoms with Gasteiger partial charge < -0.3 is 14.7 Å². The van der Waals surface area contributed by atoms with E-state index < -0.39 is 16.1 Å². The zero-order valence-corrected chi connectivity index (χ0v) is 8.29. The van der Waals surface area contributed by atoms with Crippen molar-refractivity contribution in [2.75, 3.05) is 6.26 Å². The van der Waals surface area contributed by atoms with Gasteiger partial charge in [0.2, 0.25) is 0 Å². The minimum absolute atomic E-state index is 0.226. The highest BCUT2D eigenvalue weighted by Crippen LogP contribution is 2.19. The van der Waals surface area contributed by atoms with Crippen LogP contribution in [-0.2, 0) is 18.2 Å². The Morgan fingerprint density at radius 1 is 1.62 bits per heavy atom. The minimum atomic E-state index is -1.30. The van der Waals surface area contributed by atoms with Crippen LogP contribution in [0, 0.1) is 17.0 Å². The average Bonchev–Trinajstić information content (AvgIpc) is 2.29. The number of hydrogen-bond donors (Lipinski definition) is 0. The molecule has 0 aromatic carbocycles. The summed E-state index contributed by atoms with van der Waals surface area (Å²) in [6, 6.07) is 0. The highest BCUT2D eigenvalue weighted by atomic mass is 32.2. The smallest absolute Gasteiger partial charge is 0.431 e. The molecule has 0 spiro atoms. The highest BCUT2D eigenvalue weighted by Gasteiger charge is 2.28. The first kappa shape index (κ1) is 10.0. The number of imidazole rings is 1. The molecule has 1 heterocycles. The predicted molar refractivity (Wildman–Crippen MR) is 46.9 cm³/mol. The van der Waals surface area contributed by atoms with Crippen LogP contribution in [0.25, 0.3) is 0 Å². The van der Waals surface area contributed by atoms with Gasteiger partial charge in [0, 0.05) is 23.2 Å². The third-order valence-corrected chi connectivity index (χ3v) is 2.62. The van der Waals surface area contributed by atoms with Crippen molar-refractivity contribution in [1.29, 1.82) is 0 Å². The Kier molecular flexibility index (Phi) is 2.58. The summed E-state index contributed by atoms with van der Waals surface area (Å²) in [5.41, 5.74) is 0.412. The van der Waals surface area contributed by atoms with Crippen LogP contribution >= 0.6 is 0 Å². The molecule has 0 aliphatic carbocycles. The van der Waals surface area contributed by atoms with E-state index in [1.54, 1.807) is 14.0 Å². The van der Waals surface area contributed by atoms with Crippen LogP contribution in [0.1, 0.15) is 5.69 Å². The molecule has 0 bridgehead atoms. The fourth-order valence-electron chi connectivity index (χ4n) is 0.970. The molecular weight excluding hydrogens is 194 g/mol. The topological polar surface area (TPSA) is 84.0 Å². The Bertz CT molecular complexity index is 347. The second kappa shape index (κ2) is 3.35. The number of aromatic nitrogens is 2. The summed E-state index contributed by atoms with van der Waals surface area (Å²) >= 11 is -1.30. The van der Waals surface area contributed by atoms with E-state index in [0.29, 0.717) is 5.69 Å². The van der Waals surface area contributed by atoms with Gasteiger partial charge in [0.25, 0.3) is 0 Å². The predicted octanol–water partition coefficient (Wildman–Crippen LogP) is 0.374. The normalized spacial score (nSPS) is 12.9. The van der Waals surface area contributed by atoms with Crippen molar-refractivity contribution in [2.45, 2.75) is 12.1 Å². The first-order chi connectivity index (χ1) is 5.95. The largest absolute Gasteiger partial charge is 0.607 e. The first-order valence-electron chi connectivity index (χ1n) is 3.46. The summed E-state index contributed by atoms with van der Waals surface area (Å²) in [5, 5.41) is 10.7. The molecule has 0 aliphatic rings. The summed E-state index contributed by atoms with van der Waals surface area (Å²) in [4.78, 5) is 13.5. The van der Waals surface area contributed by atoms with Crippen molar-refractivity contribution >= 4 is 17.0 Å². The number of nitro groups is 1. The summed E-state index contributed by atoms with van der Waals surface area (Å²) in [6.45, 7) is 1.57. The summed E-state index contributed by atoms with van der Waals surface area (Å²) in [5.74, 6) is -0.229. The molecule has 1 aromatic heterocycles. The Labute approximate surface area is 77.9 Å². The summed E-state index contributed by atoms with van der Waals surface area (Å²) < 4.78 is 12.5. The van der Waals surface area contributed by atoms with Crippen LogP contribution < -0.4 is 0 Å². The number of hydrogen-bond acceptors (Lipinski definition) is 4. The molecule has 0 saturated heterocycles. The molecule has 1 rings (SSSR count). The third kappa shape index (κ3) is 1.65. The second-order valence-electron chi connectivity index (χ2n) is 2.57. The lowest BCUT2D eigenvalue weighted by atomic mass is 10.5.